The average molecular weight is 280 g/mol. The van der Waals surface area contributed by atoms with Gasteiger partial charge in [-0.1, -0.05) is 48.5 Å². The third kappa shape index (κ3) is 1.80. The molecule has 1 aliphatic rings. The summed E-state index contributed by atoms with van der Waals surface area (Å²) in [5, 5.41) is 4.06. The van der Waals surface area contributed by atoms with Crippen molar-refractivity contribution in [1.29, 1.82) is 0 Å². The van der Waals surface area contributed by atoms with Crippen molar-refractivity contribution in [3.63, 3.8) is 0 Å². The monoisotopic (exact) mass is 280 g/mol. The number of carbonyl (C=O) groups is 1. The maximum Gasteiger partial charge on any atom is 0.409 e. The highest BCUT2D eigenvalue weighted by atomic mass is 16.9. The van der Waals surface area contributed by atoms with Gasteiger partial charge in [-0.3, -0.25) is 4.79 Å². The number of fused-ring (bicyclic) bond motifs is 6. The third-order valence-electron chi connectivity index (χ3n) is 3.53. The molecule has 4 rings (SSSR count). The van der Waals surface area contributed by atoms with Crippen molar-refractivity contribution in [1.82, 2.24) is 0 Å². The molecule has 0 aliphatic carbocycles. The van der Waals surface area contributed by atoms with Crippen LogP contribution in [-0.4, -0.2) is 12.4 Å². The molecule has 0 radical (unpaired) electrons. The lowest BCUT2D eigenvalue weighted by Crippen LogP contribution is -2.24. The highest BCUT2D eigenvalue weighted by Gasteiger charge is 2.30. The van der Waals surface area contributed by atoms with Crippen molar-refractivity contribution >= 4 is 27.5 Å². The smallest absolute Gasteiger partial charge is 0.409 e. The minimum absolute atomic E-state index is 0.443. The van der Waals surface area contributed by atoms with Crippen LogP contribution in [-0.2, 0) is 9.53 Å². The van der Waals surface area contributed by atoms with Gasteiger partial charge >= 0.3 is 12.4 Å². The molecule has 0 spiro atoms. The molecule has 1 heterocycles. The van der Waals surface area contributed by atoms with Gasteiger partial charge in [0.05, 0.1) is 0 Å². The van der Waals surface area contributed by atoms with Crippen LogP contribution < -0.4 is 9.47 Å². The number of hydrogen-bond donors (Lipinski definition) is 0. The van der Waals surface area contributed by atoms with E-state index in [2.05, 4.69) is 0 Å². The van der Waals surface area contributed by atoms with Gasteiger partial charge in [-0.05, 0) is 10.8 Å². The molecule has 0 fully saturated rings. The Kier molecular flexibility index (Phi) is 2.51. The van der Waals surface area contributed by atoms with Gasteiger partial charge < -0.3 is 14.2 Å². The Balaban J connectivity index is 2.00. The van der Waals surface area contributed by atoms with Crippen LogP contribution in [0.2, 0.25) is 0 Å². The van der Waals surface area contributed by atoms with Gasteiger partial charge in [0.1, 0.15) is 0 Å². The van der Waals surface area contributed by atoms with Gasteiger partial charge in [-0.15, -0.1) is 0 Å². The van der Waals surface area contributed by atoms with Crippen LogP contribution in [0, 0.1) is 0 Å². The Bertz CT molecular complexity index is 804. The van der Waals surface area contributed by atoms with Crippen LogP contribution in [0.1, 0.15) is 6.92 Å². The minimum Gasteiger partial charge on any atom is -0.418 e. The number of ether oxygens (including phenoxy) is 3. The first-order valence-electron chi connectivity index (χ1n) is 6.68. The lowest BCUT2D eigenvalue weighted by Gasteiger charge is -2.08. The number of carbonyl (C=O) groups excluding carboxylic acids is 1. The molecule has 0 bridgehead atoms. The maximum atomic E-state index is 11.1. The second-order valence-electron chi connectivity index (χ2n) is 4.88. The number of hydrogen-bond acceptors (Lipinski definition) is 4. The zero-order chi connectivity index (χ0) is 14.4. The maximum absolute atomic E-state index is 11.1. The van der Waals surface area contributed by atoms with E-state index in [1.54, 1.807) is 0 Å². The van der Waals surface area contributed by atoms with Gasteiger partial charge in [0.25, 0.3) is 0 Å². The van der Waals surface area contributed by atoms with Gasteiger partial charge in [-0.2, -0.15) is 0 Å². The van der Waals surface area contributed by atoms with Crippen LogP contribution >= 0.6 is 0 Å². The molecule has 104 valence electrons. The molecule has 3 aromatic rings. The van der Waals surface area contributed by atoms with E-state index in [9.17, 15) is 4.79 Å². The summed E-state index contributed by atoms with van der Waals surface area (Å²) in [6.07, 6.45) is 0. The molecule has 0 saturated heterocycles. The molecular weight excluding hydrogens is 268 g/mol. The lowest BCUT2D eigenvalue weighted by atomic mass is 10.0. The van der Waals surface area contributed by atoms with Gasteiger partial charge in [-0.25, -0.2) is 0 Å². The third-order valence-corrected chi connectivity index (χ3v) is 3.53. The van der Waals surface area contributed by atoms with Crippen LogP contribution in [0.15, 0.2) is 48.5 Å². The first-order valence-corrected chi connectivity index (χ1v) is 6.68. The Morgan fingerprint density at radius 1 is 0.857 bits per heavy atom. The molecule has 1 aliphatic heterocycles. The molecule has 0 atom stereocenters. The van der Waals surface area contributed by atoms with Gasteiger partial charge in [0.2, 0.25) is 0 Å². The van der Waals surface area contributed by atoms with Crippen molar-refractivity contribution in [2.45, 2.75) is 13.4 Å². The van der Waals surface area contributed by atoms with Crippen molar-refractivity contribution in [2.24, 2.45) is 0 Å². The average Bonchev–Trinajstić information content (AvgIpc) is 2.91. The summed E-state index contributed by atoms with van der Waals surface area (Å²) in [6, 6.07) is 15.9. The zero-order valence-corrected chi connectivity index (χ0v) is 11.3. The van der Waals surface area contributed by atoms with E-state index in [1.807, 2.05) is 48.5 Å². The molecule has 21 heavy (non-hydrogen) atoms. The van der Waals surface area contributed by atoms with E-state index in [0.717, 1.165) is 21.5 Å². The highest BCUT2D eigenvalue weighted by molar-refractivity contribution is 6.13. The SMILES string of the molecule is CC(=O)OC1Oc2c(c3ccccc3c3ccccc23)O1. The number of benzene rings is 3. The second kappa shape index (κ2) is 4.38. The van der Waals surface area contributed by atoms with E-state index in [0.29, 0.717) is 11.5 Å². The van der Waals surface area contributed by atoms with Crippen molar-refractivity contribution in [3.8, 4) is 11.5 Å². The Morgan fingerprint density at radius 3 is 1.71 bits per heavy atom. The second-order valence-corrected chi connectivity index (χ2v) is 4.88. The molecule has 3 aromatic carbocycles. The predicted molar refractivity (Wildman–Crippen MR) is 78.3 cm³/mol. The number of rotatable bonds is 1. The molecule has 0 aromatic heterocycles. The molecule has 0 amide bonds. The highest BCUT2D eigenvalue weighted by Crippen LogP contribution is 2.47. The van der Waals surface area contributed by atoms with Gasteiger partial charge in [0, 0.05) is 17.7 Å². The first kappa shape index (κ1) is 12.0. The van der Waals surface area contributed by atoms with E-state index in [4.69, 9.17) is 14.2 Å². The molecular formula is C17H12O4. The molecule has 4 nitrogen and oxygen atoms in total. The topological polar surface area (TPSA) is 44.8 Å². The summed E-state index contributed by atoms with van der Waals surface area (Å²) in [5.74, 6) is 0.799. The summed E-state index contributed by atoms with van der Waals surface area (Å²) in [5.41, 5.74) is 0. The zero-order valence-electron chi connectivity index (χ0n) is 11.3. The van der Waals surface area contributed by atoms with Gasteiger partial charge in [0.15, 0.2) is 11.5 Å². The van der Waals surface area contributed by atoms with Crippen molar-refractivity contribution < 1.29 is 19.0 Å². The Hall–Kier alpha value is -2.75. The normalized spacial score (nSPS) is 13.8. The van der Waals surface area contributed by atoms with E-state index in [-0.39, 0.29) is 0 Å². The Labute approximate surface area is 120 Å². The fraction of sp³-hybridized carbons (Fsp3) is 0.118. The first-order chi connectivity index (χ1) is 10.2. The van der Waals surface area contributed by atoms with Crippen LogP contribution in [0.3, 0.4) is 0 Å². The summed E-state index contributed by atoms with van der Waals surface area (Å²) < 4.78 is 16.4. The van der Waals surface area contributed by atoms with E-state index >= 15 is 0 Å². The fourth-order valence-electron chi connectivity index (χ4n) is 2.71. The summed E-state index contributed by atoms with van der Waals surface area (Å²) >= 11 is 0. The van der Waals surface area contributed by atoms with Crippen molar-refractivity contribution in [3.05, 3.63) is 48.5 Å². The number of esters is 1. The standard InChI is InChI=1S/C17H12O4/c1-10(18)19-17-20-15-13-8-4-2-6-11(13)12-7-3-5-9-14(12)16(15)21-17/h2-9,17H,1H3. The summed E-state index contributed by atoms with van der Waals surface area (Å²) in [4.78, 5) is 11.1. The predicted octanol–water partition coefficient (Wildman–Crippen LogP) is 3.61. The molecule has 4 heteroatoms. The quantitative estimate of drug-likeness (QED) is 0.504. The summed E-state index contributed by atoms with van der Waals surface area (Å²) in [6.45, 7) is 0.304. The largest absolute Gasteiger partial charge is 0.418 e. The minimum atomic E-state index is -1.02. The van der Waals surface area contributed by atoms with Crippen LogP contribution in [0.25, 0.3) is 21.5 Å². The Morgan fingerprint density at radius 2 is 1.29 bits per heavy atom. The van der Waals surface area contributed by atoms with Crippen LogP contribution in [0.4, 0.5) is 0 Å². The van der Waals surface area contributed by atoms with Crippen LogP contribution in [0.5, 0.6) is 11.5 Å². The lowest BCUT2D eigenvalue weighted by molar-refractivity contribution is -0.191. The molecule has 0 unspecified atom stereocenters. The fourth-order valence-corrected chi connectivity index (χ4v) is 2.71. The summed E-state index contributed by atoms with van der Waals surface area (Å²) in [7, 11) is 0. The van der Waals surface area contributed by atoms with E-state index < -0.39 is 12.4 Å². The molecule has 0 saturated carbocycles. The van der Waals surface area contributed by atoms with E-state index in [1.165, 1.54) is 6.92 Å². The molecule has 0 N–H and O–H groups in total. The van der Waals surface area contributed by atoms with Crippen molar-refractivity contribution in [2.75, 3.05) is 0 Å².